The van der Waals surface area contributed by atoms with Crippen molar-refractivity contribution in [1.82, 2.24) is 16.0 Å². The molecule has 5 unspecified atom stereocenters. The third-order valence-corrected chi connectivity index (χ3v) is 4.91. The second-order valence-corrected chi connectivity index (χ2v) is 8.17. The van der Waals surface area contributed by atoms with Crippen molar-refractivity contribution in [2.24, 2.45) is 17.4 Å². The number of nitrogens with one attached hydrogen (secondary N) is 3. The van der Waals surface area contributed by atoms with Gasteiger partial charge in [-0.2, -0.15) is 0 Å². The molecular formula is C20H37N5O8. The lowest BCUT2D eigenvalue weighted by atomic mass is 10.0. The minimum absolute atomic E-state index is 0.158. The molecule has 0 heterocycles. The fourth-order valence-electron chi connectivity index (χ4n) is 2.82. The Balaban J connectivity index is 5.43. The summed E-state index contributed by atoms with van der Waals surface area (Å²) >= 11 is 0. The molecule has 0 fully saturated rings. The molecule has 13 nitrogen and oxygen atoms in total. The summed E-state index contributed by atoms with van der Waals surface area (Å²) in [5.74, 6) is -5.33. The first-order chi connectivity index (χ1) is 15.3. The molecule has 0 spiro atoms. The minimum atomic E-state index is -1.35. The van der Waals surface area contributed by atoms with Crippen molar-refractivity contribution in [2.75, 3.05) is 6.54 Å². The number of hydrogen-bond acceptors (Lipinski definition) is 8. The Morgan fingerprint density at radius 1 is 0.818 bits per heavy atom. The summed E-state index contributed by atoms with van der Waals surface area (Å²) < 4.78 is 0. The quantitative estimate of drug-likeness (QED) is 0.113. The molecule has 0 radical (unpaired) electrons. The number of hydrogen-bond donors (Lipinski definition) is 8. The van der Waals surface area contributed by atoms with E-state index in [-0.39, 0.29) is 12.8 Å². The summed E-state index contributed by atoms with van der Waals surface area (Å²) in [6, 6.07) is -5.01. The van der Waals surface area contributed by atoms with Crippen molar-refractivity contribution in [3.05, 3.63) is 0 Å². The van der Waals surface area contributed by atoms with E-state index in [1.54, 1.807) is 13.8 Å². The predicted octanol–water partition coefficient (Wildman–Crippen LogP) is -2.12. The van der Waals surface area contributed by atoms with Crippen LogP contribution in [0, 0.1) is 5.92 Å². The first kappa shape index (κ1) is 30.2. The summed E-state index contributed by atoms with van der Waals surface area (Å²) in [6.45, 7) is 4.92. The van der Waals surface area contributed by atoms with E-state index >= 15 is 0 Å². The highest BCUT2D eigenvalue weighted by atomic mass is 16.4. The Morgan fingerprint density at radius 3 is 1.85 bits per heavy atom. The molecule has 0 aromatic heterocycles. The van der Waals surface area contributed by atoms with Crippen LogP contribution in [0.15, 0.2) is 0 Å². The zero-order chi connectivity index (χ0) is 25.7. The molecule has 0 aliphatic carbocycles. The van der Waals surface area contributed by atoms with E-state index in [9.17, 15) is 34.2 Å². The van der Waals surface area contributed by atoms with Gasteiger partial charge < -0.3 is 42.7 Å². The van der Waals surface area contributed by atoms with Gasteiger partial charge in [0.25, 0.3) is 0 Å². The number of unbranched alkanes of at least 4 members (excludes halogenated alkanes) is 1. The maximum atomic E-state index is 12.8. The Hall–Kier alpha value is -2.77. The smallest absolute Gasteiger partial charge is 0.326 e. The van der Waals surface area contributed by atoms with Gasteiger partial charge in [0.15, 0.2) is 0 Å². The second-order valence-electron chi connectivity index (χ2n) is 8.17. The van der Waals surface area contributed by atoms with Crippen LogP contribution in [0.25, 0.3) is 0 Å². The highest BCUT2D eigenvalue weighted by Gasteiger charge is 2.32. The highest BCUT2D eigenvalue weighted by molar-refractivity contribution is 5.94. The van der Waals surface area contributed by atoms with E-state index in [0.29, 0.717) is 19.4 Å². The summed E-state index contributed by atoms with van der Waals surface area (Å²) in [4.78, 5) is 60.1. The number of aliphatic carboxylic acids is 2. The van der Waals surface area contributed by atoms with E-state index in [4.69, 9.17) is 16.6 Å². The molecule has 0 aliphatic heterocycles. The van der Waals surface area contributed by atoms with Crippen LogP contribution in [0.4, 0.5) is 0 Å². The monoisotopic (exact) mass is 475 g/mol. The average molecular weight is 476 g/mol. The van der Waals surface area contributed by atoms with Crippen molar-refractivity contribution in [2.45, 2.75) is 83.1 Å². The Bertz CT molecular complexity index is 685. The lowest BCUT2D eigenvalue weighted by molar-refractivity contribution is -0.143. The molecule has 0 saturated heterocycles. The van der Waals surface area contributed by atoms with E-state index in [1.807, 2.05) is 0 Å². The average Bonchev–Trinajstić information content (AvgIpc) is 2.72. The van der Waals surface area contributed by atoms with Crippen LogP contribution in [-0.4, -0.2) is 81.8 Å². The second kappa shape index (κ2) is 15.1. The molecule has 10 N–H and O–H groups in total. The summed E-state index contributed by atoms with van der Waals surface area (Å²) in [6.07, 6.45) is -0.727. The van der Waals surface area contributed by atoms with Crippen molar-refractivity contribution < 1.29 is 39.3 Å². The molecule has 13 heteroatoms. The van der Waals surface area contributed by atoms with Gasteiger partial charge in [-0.1, -0.05) is 13.8 Å². The first-order valence-corrected chi connectivity index (χ1v) is 10.8. The van der Waals surface area contributed by atoms with Gasteiger partial charge in [0.05, 0.1) is 6.10 Å². The zero-order valence-corrected chi connectivity index (χ0v) is 19.2. The molecule has 5 atom stereocenters. The third kappa shape index (κ3) is 11.6. The fraction of sp³-hybridized carbons (Fsp3) is 0.750. The Kier molecular flexibility index (Phi) is 13.9. The Morgan fingerprint density at radius 2 is 1.39 bits per heavy atom. The van der Waals surface area contributed by atoms with Crippen LogP contribution in [0.3, 0.4) is 0 Å². The van der Waals surface area contributed by atoms with Gasteiger partial charge in [0, 0.05) is 6.42 Å². The number of carbonyl (C=O) groups is 5. The van der Waals surface area contributed by atoms with Crippen LogP contribution in [0.5, 0.6) is 0 Å². The SMILES string of the molecule is CC(C)C(NC(=O)C(CCC(=O)O)NC(=O)C(N)C(C)O)C(=O)NC(CCCCN)C(=O)O. The lowest BCUT2D eigenvalue weighted by Gasteiger charge is -2.27. The molecule has 0 bridgehead atoms. The van der Waals surface area contributed by atoms with Gasteiger partial charge in [0.1, 0.15) is 24.2 Å². The number of aliphatic hydroxyl groups is 1. The molecule has 0 saturated carbocycles. The molecule has 0 aromatic rings. The standard InChI is InChI=1S/C20H37N5O8/c1-10(2)16(19(31)24-13(20(32)33)6-4-5-9-21)25-17(29)12(7-8-14(27)28)23-18(30)15(22)11(3)26/h10-13,15-16,26H,4-9,21-22H2,1-3H3,(H,23,30)(H,24,31)(H,25,29)(H,27,28)(H,32,33). The summed E-state index contributed by atoms with van der Waals surface area (Å²) in [7, 11) is 0. The summed E-state index contributed by atoms with van der Waals surface area (Å²) in [5, 5.41) is 34.9. The number of carbonyl (C=O) groups excluding carboxylic acids is 3. The van der Waals surface area contributed by atoms with Crippen molar-refractivity contribution in [3.8, 4) is 0 Å². The maximum Gasteiger partial charge on any atom is 0.326 e. The van der Waals surface area contributed by atoms with Gasteiger partial charge in [-0.3, -0.25) is 19.2 Å². The predicted molar refractivity (Wildman–Crippen MR) is 118 cm³/mol. The minimum Gasteiger partial charge on any atom is -0.481 e. The topological polar surface area (TPSA) is 234 Å². The number of amides is 3. The van der Waals surface area contributed by atoms with Crippen LogP contribution in [0.1, 0.15) is 52.9 Å². The van der Waals surface area contributed by atoms with Crippen LogP contribution in [0.2, 0.25) is 0 Å². The lowest BCUT2D eigenvalue weighted by Crippen LogP contribution is -2.59. The van der Waals surface area contributed by atoms with Gasteiger partial charge in [0.2, 0.25) is 17.7 Å². The van der Waals surface area contributed by atoms with Gasteiger partial charge >= 0.3 is 11.9 Å². The number of nitrogens with two attached hydrogens (primary N) is 2. The van der Waals surface area contributed by atoms with Gasteiger partial charge in [-0.25, -0.2) is 4.79 Å². The van der Waals surface area contributed by atoms with Crippen LogP contribution in [-0.2, 0) is 24.0 Å². The van der Waals surface area contributed by atoms with E-state index in [1.165, 1.54) is 6.92 Å². The maximum absolute atomic E-state index is 12.8. The van der Waals surface area contributed by atoms with Crippen LogP contribution < -0.4 is 27.4 Å². The molecule has 0 aliphatic rings. The van der Waals surface area contributed by atoms with Crippen molar-refractivity contribution in [3.63, 3.8) is 0 Å². The molecular weight excluding hydrogens is 438 g/mol. The molecule has 0 aromatic carbocycles. The van der Waals surface area contributed by atoms with Gasteiger partial charge in [-0.15, -0.1) is 0 Å². The normalized spacial score (nSPS) is 15.6. The molecule has 190 valence electrons. The molecule has 33 heavy (non-hydrogen) atoms. The molecule has 0 rings (SSSR count). The van der Waals surface area contributed by atoms with E-state index < -0.39 is 72.3 Å². The summed E-state index contributed by atoms with van der Waals surface area (Å²) in [5.41, 5.74) is 11.0. The fourth-order valence-corrected chi connectivity index (χ4v) is 2.82. The first-order valence-electron chi connectivity index (χ1n) is 10.8. The van der Waals surface area contributed by atoms with Crippen molar-refractivity contribution in [1.29, 1.82) is 0 Å². The number of rotatable bonds is 16. The number of aliphatic hydroxyl groups excluding tert-OH is 1. The largest absolute Gasteiger partial charge is 0.481 e. The van der Waals surface area contributed by atoms with E-state index in [2.05, 4.69) is 16.0 Å². The third-order valence-electron chi connectivity index (χ3n) is 4.91. The Labute approximate surface area is 192 Å². The van der Waals surface area contributed by atoms with Crippen LogP contribution >= 0.6 is 0 Å². The highest BCUT2D eigenvalue weighted by Crippen LogP contribution is 2.08. The van der Waals surface area contributed by atoms with E-state index in [0.717, 1.165) is 0 Å². The van der Waals surface area contributed by atoms with Gasteiger partial charge in [-0.05, 0) is 45.1 Å². The number of carboxylic acids is 2. The number of carboxylic acid groups (broad SMARTS) is 2. The van der Waals surface area contributed by atoms with Crippen molar-refractivity contribution >= 4 is 29.7 Å². The zero-order valence-electron chi connectivity index (χ0n) is 19.2. The molecule has 3 amide bonds.